The predicted molar refractivity (Wildman–Crippen MR) is 173 cm³/mol. The fraction of sp³-hybridized carbons (Fsp3) is 0.367. The summed E-state index contributed by atoms with van der Waals surface area (Å²) in [6, 6.07) is 5.92. The molecular formula is C30H31ClF3N8O6P. The SMILES string of the molecule is CCOP1(=O)Cc2cc(OC)c(cc2Cl)Nc2ncc(C(F)(F)F)c(n2)Nc2ccc(nc2C(=O)NC)-c2cnn(c2)CC2(COC2)CO1. The number of alkyl halides is 3. The number of amides is 1. The highest BCUT2D eigenvalue weighted by atomic mass is 35.5. The molecule has 8 bridgehead atoms. The van der Waals surface area contributed by atoms with Gasteiger partial charge in [0.2, 0.25) is 5.95 Å². The van der Waals surface area contributed by atoms with Crippen molar-refractivity contribution in [2.75, 3.05) is 51.2 Å². The molecule has 1 unspecified atom stereocenters. The van der Waals surface area contributed by atoms with Gasteiger partial charge in [0, 0.05) is 30.0 Å². The number of ether oxygens (including phenoxy) is 2. The van der Waals surface area contributed by atoms with Gasteiger partial charge in [-0.1, -0.05) is 11.6 Å². The topological polar surface area (TPSA) is 164 Å². The molecule has 1 spiro atoms. The minimum Gasteiger partial charge on any atom is -0.495 e. The molecule has 260 valence electrons. The van der Waals surface area contributed by atoms with E-state index in [1.54, 1.807) is 24.0 Å². The summed E-state index contributed by atoms with van der Waals surface area (Å²) in [6.07, 6.45) is -1.21. The summed E-state index contributed by atoms with van der Waals surface area (Å²) in [4.78, 5) is 25.4. The van der Waals surface area contributed by atoms with Crippen LogP contribution in [0.2, 0.25) is 5.02 Å². The van der Waals surface area contributed by atoms with Crippen LogP contribution in [-0.2, 0) is 37.2 Å². The van der Waals surface area contributed by atoms with Gasteiger partial charge < -0.3 is 34.5 Å². The number of carbonyl (C=O) groups is 1. The number of hydrogen-bond acceptors (Lipinski definition) is 12. The van der Waals surface area contributed by atoms with E-state index in [1.165, 1.54) is 38.4 Å². The molecule has 3 aromatic heterocycles. The van der Waals surface area contributed by atoms with Gasteiger partial charge in [-0.3, -0.25) is 14.0 Å². The van der Waals surface area contributed by atoms with Crippen molar-refractivity contribution in [3.8, 4) is 17.0 Å². The Morgan fingerprint density at radius 3 is 2.63 bits per heavy atom. The third kappa shape index (κ3) is 7.35. The zero-order valence-corrected chi connectivity index (χ0v) is 28.1. The highest BCUT2D eigenvalue weighted by Crippen LogP contribution is 2.54. The largest absolute Gasteiger partial charge is 0.495 e. The van der Waals surface area contributed by atoms with Gasteiger partial charge in [0.25, 0.3) is 5.91 Å². The summed E-state index contributed by atoms with van der Waals surface area (Å²) in [6.45, 7) is 2.77. The van der Waals surface area contributed by atoms with E-state index in [2.05, 4.69) is 36.0 Å². The molecule has 0 aliphatic carbocycles. The predicted octanol–water partition coefficient (Wildman–Crippen LogP) is 6.04. The van der Waals surface area contributed by atoms with Gasteiger partial charge in [-0.15, -0.1) is 0 Å². The van der Waals surface area contributed by atoms with E-state index >= 15 is 0 Å². The Labute approximate surface area is 283 Å². The molecule has 0 radical (unpaired) electrons. The molecular weight excluding hydrogens is 692 g/mol. The molecule has 3 N–H and O–H groups in total. The quantitative estimate of drug-likeness (QED) is 0.210. The second-order valence-electron chi connectivity index (χ2n) is 11.4. The Bertz CT molecular complexity index is 1940. The monoisotopic (exact) mass is 722 g/mol. The maximum atomic E-state index is 14.1. The number of halogens is 4. The fourth-order valence-electron chi connectivity index (χ4n) is 5.29. The van der Waals surface area contributed by atoms with Gasteiger partial charge in [0.15, 0.2) is 5.69 Å². The van der Waals surface area contributed by atoms with Gasteiger partial charge in [0.05, 0.1) is 74.9 Å². The average Bonchev–Trinajstić information content (AvgIpc) is 3.51. The van der Waals surface area contributed by atoms with Crippen LogP contribution in [0.1, 0.15) is 28.5 Å². The first-order valence-electron chi connectivity index (χ1n) is 14.9. The van der Waals surface area contributed by atoms with Crippen LogP contribution in [-0.4, -0.2) is 71.2 Å². The molecule has 1 fully saturated rings. The van der Waals surface area contributed by atoms with E-state index in [1.807, 2.05) is 0 Å². The van der Waals surface area contributed by atoms with Gasteiger partial charge in [-0.2, -0.15) is 23.3 Å². The Morgan fingerprint density at radius 1 is 1.16 bits per heavy atom. The molecule has 9 rings (SSSR count). The van der Waals surface area contributed by atoms with Crippen LogP contribution >= 0.6 is 19.2 Å². The lowest BCUT2D eigenvalue weighted by Crippen LogP contribution is -2.49. The van der Waals surface area contributed by atoms with Crippen LogP contribution in [0.25, 0.3) is 11.3 Å². The van der Waals surface area contributed by atoms with E-state index in [0.717, 1.165) is 0 Å². The van der Waals surface area contributed by atoms with Crippen LogP contribution in [0.5, 0.6) is 5.75 Å². The van der Waals surface area contributed by atoms with Gasteiger partial charge in [0.1, 0.15) is 17.1 Å². The van der Waals surface area contributed by atoms with Crippen LogP contribution in [0.4, 0.5) is 36.3 Å². The van der Waals surface area contributed by atoms with Crippen LogP contribution < -0.4 is 20.7 Å². The summed E-state index contributed by atoms with van der Waals surface area (Å²) in [7, 11) is -1.03. The lowest BCUT2D eigenvalue weighted by atomic mass is 9.87. The zero-order valence-electron chi connectivity index (χ0n) is 26.4. The van der Waals surface area contributed by atoms with Crippen molar-refractivity contribution in [2.24, 2.45) is 5.41 Å². The number of benzene rings is 1. The molecule has 1 amide bonds. The first kappa shape index (κ1) is 34.6. The molecule has 49 heavy (non-hydrogen) atoms. The molecule has 1 saturated heterocycles. The highest BCUT2D eigenvalue weighted by molar-refractivity contribution is 7.53. The number of hydrogen-bond donors (Lipinski definition) is 3. The second kappa shape index (κ2) is 13.6. The number of anilines is 4. The first-order chi connectivity index (χ1) is 23.3. The molecule has 5 aliphatic heterocycles. The average molecular weight is 723 g/mol. The number of pyridine rings is 1. The first-order valence-corrected chi connectivity index (χ1v) is 17.0. The van der Waals surface area contributed by atoms with Crippen molar-refractivity contribution in [1.29, 1.82) is 0 Å². The molecule has 4 aromatic rings. The maximum Gasteiger partial charge on any atom is 0.421 e. The van der Waals surface area contributed by atoms with Crippen molar-refractivity contribution >= 4 is 48.2 Å². The van der Waals surface area contributed by atoms with E-state index in [-0.39, 0.29) is 53.2 Å². The number of carbonyl (C=O) groups excluding carboxylic acids is 1. The number of nitrogens with zero attached hydrogens (tertiary/aromatic N) is 5. The standard InChI is InChI=1S/C30H31ClF3N8O6P/c1-4-47-49(44)12-17-7-24(45-3)23(8-20(17)31)40-28-36-10-19(30(32,33)34)26(41-28)39-22-6-5-21(38-25(22)27(43)35-2)18-9-37-42(11-18)13-29(16-48-49)14-46-15-29/h5-11H,4,12-16H2,1-3H3,(H,35,43)(H2,36,39,40,41). The van der Waals surface area contributed by atoms with Gasteiger partial charge >= 0.3 is 13.8 Å². The van der Waals surface area contributed by atoms with Crippen molar-refractivity contribution in [3.05, 3.63) is 64.7 Å². The van der Waals surface area contributed by atoms with Crippen molar-refractivity contribution in [1.82, 2.24) is 30.0 Å². The maximum absolute atomic E-state index is 14.1. The molecule has 1 aromatic carbocycles. The Morgan fingerprint density at radius 2 is 1.96 bits per heavy atom. The summed E-state index contributed by atoms with van der Waals surface area (Å²) in [5.74, 6) is -1.37. The van der Waals surface area contributed by atoms with E-state index in [4.69, 9.17) is 30.1 Å². The molecule has 14 nitrogen and oxygen atoms in total. The lowest BCUT2D eigenvalue weighted by molar-refractivity contribution is -0.142. The zero-order chi connectivity index (χ0) is 35.0. The highest BCUT2D eigenvalue weighted by Gasteiger charge is 2.43. The normalized spacial score (nSPS) is 18.8. The van der Waals surface area contributed by atoms with E-state index in [9.17, 15) is 22.5 Å². The number of methoxy groups -OCH3 is 1. The van der Waals surface area contributed by atoms with Crippen LogP contribution in [0, 0.1) is 5.41 Å². The number of rotatable bonds is 4. The minimum absolute atomic E-state index is 0.0287. The summed E-state index contributed by atoms with van der Waals surface area (Å²) in [5.41, 5.74) is -0.555. The molecule has 1 atom stereocenters. The van der Waals surface area contributed by atoms with E-state index < -0.39 is 36.5 Å². The Kier molecular flexibility index (Phi) is 9.57. The summed E-state index contributed by atoms with van der Waals surface area (Å²) in [5, 5.41) is 12.5. The third-order valence-corrected chi connectivity index (χ3v) is 10.1. The van der Waals surface area contributed by atoms with Gasteiger partial charge in [-0.05, 0) is 36.8 Å². The summed E-state index contributed by atoms with van der Waals surface area (Å²) < 4.78 is 80.9. The Balaban J connectivity index is 1.50. The fourth-order valence-corrected chi connectivity index (χ4v) is 7.42. The van der Waals surface area contributed by atoms with E-state index in [0.29, 0.717) is 42.8 Å². The number of aromatic nitrogens is 5. The van der Waals surface area contributed by atoms with Crippen molar-refractivity contribution in [3.63, 3.8) is 0 Å². The lowest BCUT2D eigenvalue weighted by Gasteiger charge is -2.41. The molecule has 19 heteroatoms. The number of nitrogens with one attached hydrogen (secondary N) is 3. The van der Waals surface area contributed by atoms with Gasteiger partial charge in [-0.25, -0.2) is 9.97 Å². The van der Waals surface area contributed by atoms with Crippen LogP contribution in [0.15, 0.2) is 42.9 Å². The van der Waals surface area contributed by atoms with Crippen molar-refractivity contribution in [2.45, 2.75) is 25.8 Å². The van der Waals surface area contributed by atoms with Crippen LogP contribution in [0.3, 0.4) is 0 Å². The van der Waals surface area contributed by atoms with Crippen molar-refractivity contribution < 1.29 is 41.1 Å². The Hall–Kier alpha value is -4.28. The third-order valence-electron chi connectivity index (χ3n) is 7.80. The summed E-state index contributed by atoms with van der Waals surface area (Å²) >= 11 is 6.64. The minimum atomic E-state index is -4.86. The molecule has 8 heterocycles. The second-order valence-corrected chi connectivity index (χ2v) is 13.9. The smallest absolute Gasteiger partial charge is 0.421 e. The molecule has 0 saturated carbocycles. The molecule has 5 aliphatic rings.